The predicted octanol–water partition coefficient (Wildman–Crippen LogP) is 6.33. The molecule has 3 aromatic rings. The van der Waals surface area contributed by atoms with Gasteiger partial charge in [-0.1, -0.05) is 73.1 Å². The number of nitrogens with zero attached hydrogens (tertiary/aromatic N) is 7. The van der Waals surface area contributed by atoms with Crippen molar-refractivity contribution in [2.75, 3.05) is 5.73 Å². The van der Waals surface area contributed by atoms with E-state index in [4.69, 9.17) is 15.9 Å². The standard InChI is InChI=1S/C25H34N8/c1-8-9-15-32-23(18(16-26)20(30-32)24(2,3)4)29-28-19-21(25(5,6)7)31-33(22(19)27)17-13-11-10-12-14-17/h10-14H,8-9,15,27H2,1-7H3. The first-order valence-electron chi connectivity index (χ1n) is 11.4. The zero-order valence-corrected chi connectivity index (χ0v) is 20.7. The number of aryl methyl sites for hydroxylation is 1. The van der Waals surface area contributed by atoms with Crippen LogP contribution in [0.4, 0.5) is 17.3 Å². The van der Waals surface area contributed by atoms with E-state index in [1.165, 1.54) is 0 Å². The average Bonchev–Trinajstić information content (AvgIpc) is 3.28. The number of hydrogen-bond acceptors (Lipinski definition) is 6. The SMILES string of the molecule is CCCCn1nc(C(C)(C)C)c(C#N)c1N=Nc1c(C(C)(C)C)nn(-c2ccccc2)c1N. The molecule has 0 unspecified atom stereocenters. The Morgan fingerprint density at radius 2 is 1.61 bits per heavy atom. The quantitative estimate of drug-likeness (QED) is 0.446. The normalized spacial score (nSPS) is 12.4. The zero-order valence-electron chi connectivity index (χ0n) is 20.7. The summed E-state index contributed by atoms with van der Waals surface area (Å²) >= 11 is 0. The van der Waals surface area contributed by atoms with Gasteiger partial charge in [0.2, 0.25) is 0 Å². The number of unbranched alkanes of at least 4 members (excludes halogenated alkanes) is 1. The van der Waals surface area contributed by atoms with Gasteiger partial charge < -0.3 is 5.73 Å². The molecule has 1 aromatic carbocycles. The Labute approximate surface area is 196 Å². The number of nitrogen functional groups attached to an aromatic ring is 1. The van der Waals surface area contributed by atoms with Crippen molar-refractivity contribution in [1.29, 1.82) is 5.26 Å². The predicted molar refractivity (Wildman–Crippen MR) is 131 cm³/mol. The van der Waals surface area contributed by atoms with Crippen LogP contribution < -0.4 is 5.73 Å². The summed E-state index contributed by atoms with van der Waals surface area (Å²) in [4.78, 5) is 0. The summed E-state index contributed by atoms with van der Waals surface area (Å²) < 4.78 is 3.48. The van der Waals surface area contributed by atoms with Crippen LogP contribution >= 0.6 is 0 Å². The molecular formula is C25H34N8. The van der Waals surface area contributed by atoms with Crippen LogP contribution in [0.1, 0.15) is 78.3 Å². The van der Waals surface area contributed by atoms with Crippen LogP contribution in [0.5, 0.6) is 0 Å². The van der Waals surface area contributed by atoms with Gasteiger partial charge in [-0.2, -0.15) is 15.5 Å². The molecule has 0 amide bonds. The van der Waals surface area contributed by atoms with Gasteiger partial charge in [0.15, 0.2) is 17.3 Å². The molecule has 0 saturated carbocycles. The van der Waals surface area contributed by atoms with E-state index in [-0.39, 0.29) is 10.8 Å². The molecule has 2 aromatic heterocycles. The Balaban J connectivity index is 2.18. The number of azo groups is 1. The molecule has 0 atom stereocenters. The molecule has 8 heteroatoms. The summed E-state index contributed by atoms with van der Waals surface area (Å²) in [5, 5.41) is 28.6. The van der Waals surface area contributed by atoms with E-state index in [2.05, 4.69) is 44.0 Å². The highest BCUT2D eigenvalue weighted by atomic mass is 15.4. The second kappa shape index (κ2) is 9.18. The minimum Gasteiger partial charge on any atom is -0.382 e. The molecule has 0 aliphatic heterocycles. The minimum atomic E-state index is -0.306. The van der Waals surface area contributed by atoms with E-state index in [0.29, 0.717) is 29.4 Å². The number of aromatic nitrogens is 4. The second-order valence-corrected chi connectivity index (χ2v) is 10.3. The van der Waals surface area contributed by atoms with Crippen LogP contribution in [0.15, 0.2) is 40.6 Å². The summed E-state index contributed by atoms with van der Waals surface area (Å²) in [5.41, 5.74) is 9.19. The number of nitriles is 1. The van der Waals surface area contributed by atoms with Crippen molar-refractivity contribution in [2.45, 2.75) is 78.7 Å². The fraction of sp³-hybridized carbons (Fsp3) is 0.480. The third-order valence-corrected chi connectivity index (χ3v) is 5.32. The molecule has 3 rings (SSSR count). The lowest BCUT2D eigenvalue weighted by molar-refractivity contribution is 0.520. The fourth-order valence-corrected chi connectivity index (χ4v) is 3.54. The van der Waals surface area contributed by atoms with Gasteiger partial charge in [-0.3, -0.25) is 0 Å². The summed E-state index contributed by atoms with van der Waals surface area (Å²) in [6.07, 6.45) is 1.94. The molecule has 2 N–H and O–H groups in total. The van der Waals surface area contributed by atoms with Gasteiger partial charge in [-0.25, -0.2) is 9.36 Å². The largest absolute Gasteiger partial charge is 0.382 e. The van der Waals surface area contributed by atoms with Crippen molar-refractivity contribution in [3.63, 3.8) is 0 Å². The molecule has 33 heavy (non-hydrogen) atoms. The number of hydrogen-bond donors (Lipinski definition) is 1. The van der Waals surface area contributed by atoms with Crippen molar-refractivity contribution in [3.8, 4) is 11.8 Å². The summed E-state index contributed by atoms with van der Waals surface area (Å²) in [7, 11) is 0. The first kappa shape index (κ1) is 24.2. The number of nitrogens with two attached hydrogens (primary N) is 1. The first-order valence-corrected chi connectivity index (χ1v) is 11.4. The van der Waals surface area contributed by atoms with Crippen LogP contribution in [-0.4, -0.2) is 19.6 Å². The van der Waals surface area contributed by atoms with Crippen LogP contribution in [0.3, 0.4) is 0 Å². The van der Waals surface area contributed by atoms with Gasteiger partial charge >= 0.3 is 0 Å². The Kier molecular flexibility index (Phi) is 6.73. The Morgan fingerprint density at radius 3 is 2.15 bits per heavy atom. The molecule has 8 nitrogen and oxygen atoms in total. The van der Waals surface area contributed by atoms with Crippen LogP contribution in [-0.2, 0) is 17.4 Å². The number of anilines is 1. The highest BCUT2D eigenvalue weighted by Crippen LogP contribution is 2.39. The second-order valence-electron chi connectivity index (χ2n) is 10.3. The van der Waals surface area contributed by atoms with Crippen LogP contribution in [0.25, 0.3) is 5.69 Å². The molecule has 0 aliphatic rings. The molecule has 0 saturated heterocycles. The van der Waals surface area contributed by atoms with Crippen molar-refractivity contribution in [1.82, 2.24) is 19.6 Å². The number of benzene rings is 1. The Bertz CT molecular complexity index is 1180. The van der Waals surface area contributed by atoms with E-state index < -0.39 is 0 Å². The van der Waals surface area contributed by atoms with E-state index >= 15 is 0 Å². The smallest absolute Gasteiger partial charge is 0.191 e. The maximum absolute atomic E-state index is 9.94. The molecule has 2 heterocycles. The zero-order chi connectivity index (χ0) is 24.4. The van der Waals surface area contributed by atoms with Gasteiger partial charge in [0, 0.05) is 17.4 Å². The van der Waals surface area contributed by atoms with Crippen LogP contribution in [0.2, 0.25) is 0 Å². The summed E-state index contributed by atoms with van der Waals surface area (Å²) in [6, 6.07) is 12.0. The van der Waals surface area contributed by atoms with Crippen molar-refractivity contribution in [3.05, 3.63) is 47.3 Å². The average molecular weight is 447 g/mol. The van der Waals surface area contributed by atoms with Gasteiger partial charge in [-0.05, 0) is 18.6 Å². The maximum atomic E-state index is 9.94. The third-order valence-electron chi connectivity index (χ3n) is 5.32. The van der Waals surface area contributed by atoms with Crippen molar-refractivity contribution < 1.29 is 0 Å². The highest BCUT2D eigenvalue weighted by Gasteiger charge is 2.29. The maximum Gasteiger partial charge on any atom is 0.191 e. The Hall–Kier alpha value is -3.47. The molecule has 0 bridgehead atoms. The van der Waals surface area contributed by atoms with E-state index in [9.17, 15) is 5.26 Å². The minimum absolute atomic E-state index is 0.291. The molecule has 0 fully saturated rings. The molecule has 174 valence electrons. The lowest BCUT2D eigenvalue weighted by Gasteiger charge is -2.15. The van der Waals surface area contributed by atoms with Gasteiger partial charge in [-0.15, -0.1) is 10.2 Å². The van der Waals surface area contributed by atoms with Crippen LogP contribution in [0, 0.1) is 11.3 Å². The van der Waals surface area contributed by atoms with Gasteiger partial charge in [0.25, 0.3) is 0 Å². The monoisotopic (exact) mass is 446 g/mol. The van der Waals surface area contributed by atoms with Gasteiger partial charge in [0.05, 0.1) is 17.1 Å². The molecule has 0 spiro atoms. The van der Waals surface area contributed by atoms with Gasteiger partial charge in [0.1, 0.15) is 11.6 Å². The Morgan fingerprint density at radius 1 is 0.970 bits per heavy atom. The molecule has 0 aliphatic carbocycles. The van der Waals surface area contributed by atoms with E-state index in [1.54, 1.807) is 9.36 Å². The topological polar surface area (TPSA) is 110 Å². The van der Waals surface area contributed by atoms with Crippen molar-refractivity contribution >= 4 is 17.3 Å². The first-order chi connectivity index (χ1) is 15.5. The lowest BCUT2D eigenvalue weighted by Crippen LogP contribution is -2.14. The van der Waals surface area contributed by atoms with E-state index in [1.807, 2.05) is 51.1 Å². The highest BCUT2D eigenvalue weighted by molar-refractivity contribution is 5.66. The number of para-hydroxylation sites is 1. The van der Waals surface area contributed by atoms with E-state index in [0.717, 1.165) is 29.9 Å². The molecular weight excluding hydrogens is 412 g/mol. The third kappa shape index (κ3) is 4.98. The molecule has 0 radical (unpaired) electrons. The van der Waals surface area contributed by atoms with Crippen molar-refractivity contribution in [2.24, 2.45) is 10.2 Å². The number of rotatable bonds is 6. The summed E-state index contributed by atoms with van der Waals surface area (Å²) in [5.74, 6) is 0.867. The lowest BCUT2D eigenvalue weighted by atomic mass is 9.90. The summed E-state index contributed by atoms with van der Waals surface area (Å²) in [6.45, 7) is 15.1. The fourth-order valence-electron chi connectivity index (χ4n) is 3.54.